The first-order valence-corrected chi connectivity index (χ1v) is 39.8. The summed E-state index contributed by atoms with van der Waals surface area (Å²) in [5.41, 5.74) is 0. The van der Waals surface area contributed by atoms with E-state index >= 15 is 0 Å². The van der Waals surface area contributed by atoms with Crippen molar-refractivity contribution in [3.63, 3.8) is 0 Å². The van der Waals surface area contributed by atoms with E-state index in [0.717, 1.165) is 102 Å². The van der Waals surface area contributed by atoms with Gasteiger partial charge in [0.25, 0.3) is 0 Å². The van der Waals surface area contributed by atoms with Gasteiger partial charge in [-0.05, 0) is 43.4 Å². The fraction of sp³-hybridized carbons (Fsp3) is 0.944. The monoisotopic (exact) mass is 1320 g/mol. The number of hydrogen-bond donors (Lipinski definition) is 3. The molecule has 0 radical (unpaired) electrons. The second kappa shape index (κ2) is 61.9. The summed E-state index contributed by atoms with van der Waals surface area (Å²) in [6, 6.07) is 0. The Morgan fingerprint density at radius 1 is 0.300 bits per heavy atom. The molecular weight excluding hydrogens is 1190 g/mol. The molecule has 0 spiro atoms. The number of carbonyl (C=O) groups excluding carboxylic acids is 4. The van der Waals surface area contributed by atoms with Gasteiger partial charge in [0.05, 0.1) is 26.4 Å². The van der Waals surface area contributed by atoms with Crippen LogP contribution in [0.1, 0.15) is 357 Å². The van der Waals surface area contributed by atoms with Gasteiger partial charge in [-0.15, -0.1) is 0 Å². The summed E-state index contributed by atoms with van der Waals surface area (Å²) in [6.07, 6.45) is 45.9. The molecule has 0 aliphatic carbocycles. The van der Waals surface area contributed by atoms with Gasteiger partial charge in [-0.2, -0.15) is 0 Å². The number of unbranched alkanes of at least 4 members (excludes halogenated alkanes) is 37. The summed E-state index contributed by atoms with van der Waals surface area (Å²) >= 11 is 0. The van der Waals surface area contributed by atoms with Gasteiger partial charge in [0.2, 0.25) is 0 Å². The summed E-state index contributed by atoms with van der Waals surface area (Å²) < 4.78 is 68.3. The van der Waals surface area contributed by atoms with Crippen molar-refractivity contribution in [3.05, 3.63) is 0 Å². The zero-order valence-electron chi connectivity index (χ0n) is 58.6. The zero-order valence-corrected chi connectivity index (χ0v) is 60.4. The summed E-state index contributed by atoms with van der Waals surface area (Å²) in [7, 11) is -9.90. The van der Waals surface area contributed by atoms with Crippen LogP contribution >= 0.6 is 15.6 Å². The van der Waals surface area contributed by atoms with Gasteiger partial charge < -0.3 is 33.8 Å². The molecule has 0 saturated heterocycles. The molecular formula is C71H138O17P2. The average Bonchev–Trinajstić information content (AvgIpc) is 3.02. The fourth-order valence-electron chi connectivity index (χ4n) is 10.7. The highest BCUT2D eigenvalue weighted by Crippen LogP contribution is 2.45. The highest BCUT2D eigenvalue weighted by atomic mass is 31.2. The zero-order chi connectivity index (χ0) is 66.6. The standard InChI is InChI=1S/C71H138O17P2/c1-8-9-10-11-12-22-31-38-45-52-68(73)81-59-67(88-71(76)55-48-41-34-27-30-37-44-51-64(6)7)61-86-90(79,80)84-57-65(72)56-83-89(77,78)85-60-66(58-82-69(74)53-46-39-32-25-20-17-16-19-24-29-36-43-50-63(4)5)87-70(75)54-47-40-33-26-21-15-13-14-18-23-28-35-42-49-62(2)3/h62-67,72H,8-61H2,1-7H3,(H,77,78)(H,79,80)/t65-,66-,67-/m1/s1. The lowest BCUT2D eigenvalue weighted by atomic mass is 10.0. The SMILES string of the molecule is CCCCCCCCCCCC(=O)OC[C@H](COP(=O)(O)OC[C@H](O)COP(=O)(O)OC[C@@H](COC(=O)CCCCCCCCCCCCCCC(C)C)OC(=O)CCCCCCCCCCCCCCCC(C)C)OC(=O)CCCCCCCCCC(C)C. The van der Waals surface area contributed by atoms with E-state index in [9.17, 15) is 43.2 Å². The lowest BCUT2D eigenvalue weighted by Gasteiger charge is -2.21. The van der Waals surface area contributed by atoms with Gasteiger partial charge >= 0.3 is 39.5 Å². The first-order valence-electron chi connectivity index (χ1n) is 36.8. The van der Waals surface area contributed by atoms with E-state index in [-0.39, 0.29) is 25.7 Å². The van der Waals surface area contributed by atoms with E-state index in [1.54, 1.807) is 0 Å². The predicted octanol–water partition coefficient (Wildman–Crippen LogP) is 20.2. The molecule has 19 heteroatoms. The van der Waals surface area contributed by atoms with E-state index in [1.807, 2.05) is 0 Å². The van der Waals surface area contributed by atoms with Crippen molar-refractivity contribution < 1.29 is 80.2 Å². The number of aliphatic hydroxyl groups excluding tert-OH is 1. The summed E-state index contributed by atoms with van der Waals surface area (Å²) in [4.78, 5) is 72.5. The lowest BCUT2D eigenvalue weighted by Crippen LogP contribution is -2.30. The summed E-state index contributed by atoms with van der Waals surface area (Å²) in [6.45, 7) is 11.8. The first kappa shape index (κ1) is 88.1. The smallest absolute Gasteiger partial charge is 0.462 e. The second-order valence-electron chi connectivity index (χ2n) is 27.1. The Labute approximate surface area is 549 Å². The highest BCUT2D eigenvalue weighted by Gasteiger charge is 2.30. The third kappa shape index (κ3) is 64.8. The summed E-state index contributed by atoms with van der Waals surface area (Å²) in [5.74, 6) is 0.137. The molecule has 534 valence electrons. The maximum absolute atomic E-state index is 13.0. The minimum atomic E-state index is -4.95. The molecule has 2 unspecified atom stereocenters. The van der Waals surface area contributed by atoms with Crippen LogP contribution in [0.2, 0.25) is 0 Å². The minimum absolute atomic E-state index is 0.103. The van der Waals surface area contributed by atoms with Gasteiger partial charge in [0.15, 0.2) is 12.2 Å². The van der Waals surface area contributed by atoms with Crippen molar-refractivity contribution in [2.75, 3.05) is 39.6 Å². The molecule has 3 N–H and O–H groups in total. The Kier molecular flexibility index (Phi) is 60.6. The van der Waals surface area contributed by atoms with Gasteiger partial charge in [-0.3, -0.25) is 37.3 Å². The predicted molar refractivity (Wildman–Crippen MR) is 363 cm³/mol. The van der Waals surface area contributed by atoms with E-state index in [4.69, 9.17) is 37.0 Å². The van der Waals surface area contributed by atoms with Crippen molar-refractivity contribution in [3.8, 4) is 0 Å². The van der Waals surface area contributed by atoms with E-state index in [1.165, 1.54) is 167 Å². The number of ether oxygens (including phenoxy) is 4. The van der Waals surface area contributed by atoms with Gasteiger partial charge in [0, 0.05) is 25.7 Å². The number of hydrogen-bond acceptors (Lipinski definition) is 15. The number of phosphoric acid groups is 2. The van der Waals surface area contributed by atoms with E-state index < -0.39 is 97.5 Å². The Bertz CT molecular complexity index is 1770. The van der Waals surface area contributed by atoms with Crippen LogP contribution in [-0.2, 0) is 65.4 Å². The second-order valence-corrected chi connectivity index (χ2v) is 30.0. The molecule has 0 aromatic carbocycles. The van der Waals surface area contributed by atoms with Gasteiger partial charge in [-0.1, -0.05) is 305 Å². The fourth-order valence-corrected chi connectivity index (χ4v) is 12.3. The highest BCUT2D eigenvalue weighted by molar-refractivity contribution is 7.47. The largest absolute Gasteiger partial charge is 0.472 e. The molecule has 0 aliphatic heterocycles. The van der Waals surface area contributed by atoms with Crippen molar-refractivity contribution in [1.82, 2.24) is 0 Å². The van der Waals surface area contributed by atoms with Crippen molar-refractivity contribution in [2.45, 2.75) is 375 Å². The Balaban J connectivity index is 5.23. The Hall–Kier alpha value is -1.94. The molecule has 0 rings (SSSR count). The molecule has 0 heterocycles. The summed E-state index contributed by atoms with van der Waals surface area (Å²) in [5, 5.41) is 10.6. The molecule has 0 aromatic heterocycles. The van der Waals surface area contributed by atoms with Crippen LogP contribution in [0.5, 0.6) is 0 Å². The van der Waals surface area contributed by atoms with Crippen molar-refractivity contribution in [1.29, 1.82) is 0 Å². The third-order valence-corrected chi connectivity index (χ3v) is 18.3. The number of aliphatic hydroxyl groups is 1. The molecule has 0 saturated carbocycles. The quantitative estimate of drug-likeness (QED) is 0.0222. The molecule has 0 bridgehead atoms. The average molecular weight is 1330 g/mol. The molecule has 5 atom stereocenters. The van der Waals surface area contributed by atoms with Gasteiger partial charge in [-0.25, -0.2) is 9.13 Å². The number of phosphoric ester groups is 2. The van der Waals surface area contributed by atoms with Crippen LogP contribution in [0.3, 0.4) is 0 Å². The number of esters is 4. The molecule has 90 heavy (non-hydrogen) atoms. The van der Waals surface area contributed by atoms with E-state index in [0.29, 0.717) is 31.6 Å². The lowest BCUT2D eigenvalue weighted by molar-refractivity contribution is -0.161. The molecule has 0 fully saturated rings. The van der Waals surface area contributed by atoms with Crippen molar-refractivity contribution >= 4 is 39.5 Å². The minimum Gasteiger partial charge on any atom is -0.462 e. The Morgan fingerprint density at radius 2 is 0.511 bits per heavy atom. The molecule has 0 amide bonds. The maximum atomic E-state index is 13.0. The number of rotatable bonds is 69. The van der Waals surface area contributed by atoms with Crippen LogP contribution in [0, 0.1) is 17.8 Å². The van der Waals surface area contributed by atoms with Gasteiger partial charge in [0.1, 0.15) is 19.3 Å². The van der Waals surface area contributed by atoms with Crippen LogP contribution in [0.4, 0.5) is 0 Å². The first-order chi connectivity index (χ1) is 43.2. The number of carbonyl (C=O) groups is 4. The maximum Gasteiger partial charge on any atom is 0.472 e. The molecule has 0 aliphatic rings. The van der Waals surface area contributed by atoms with Crippen molar-refractivity contribution in [2.24, 2.45) is 17.8 Å². The van der Waals surface area contributed by atoms with Crippen LogP contribution in [0.15, 0.2) is 0 Å². The third-order valence-electron chi connectivity index (χ3n) is 16.4. The Morgan fingerprint density at radius 3 is 0.756 bits per heavy atom. The van der Waals surface area contributed by atoms with Crippen LogP contribution < -0.4 is 0 Å². The molecule has 0 aromatic rings. The molecule has 17 nitrogen and oxygen atoms in total. The normalized spacial score (nSPS) is 14.2. The van der Waals surface area contributed by atoms with Crippen LogP contribution in [-0.4, -0.2) is 96.7 Å². The van der Waals surface area contributed by atoms with Crippen LogP contribution in [0.25, 0.3) is 0 Å². The topological polar surface area (TPSA) is 237 Å². The van der Waals surface area contributed by atoms with E-state index in [2.05, 4.69) is 48.5 Å².